The van der Waals surface area contributed by atoms with Crippen LogP contribution in [0.2, 0.25) is 0 Å². The molecule has 2 N–H and O–H groups in total. The number of aliphatic hydroxyl groups excluding tert-OH is 1. The van der Waals surface area contributed by atoms with Gasteiger partial charge in [-0.2, -0.15) is 0 Å². The summed E-state index contributed by atoms with van der Waals surface area (Å²) in [4.78, 5) is 11.6. The summed E-state index contributed by atoms with van der Waals surface area (Å²) in [5, 5.41) is 12.0. The van der Waals surface area contributed by atoms with Gasteiger partial charge in [0, 0.05) is 12.1 Å². The van der Waals surface area contributed by atoms with Crippen LogP contribution in [-0.4, -0.2) is 11.0 Å². The first-order chi connectivity index (χ1) is 8.79. The van der Waals surface area contributed by atoms with Crippen molar-refractivity contribution in [3.05, 3.63) is 59.2 Å². The summed E-state index contributed by atoms with van der Waals surface area (Å²) in [6, 6.07) is 13.5. The number of aliphatic hydroxyl groups is 1. The van der Waals surface area contributed by atoms with Gasteiger partial charge in [-0.25, -0.2) is 0 Å². The normalized spacial score (nSPS) is 13.3. The molecule has 0 saturated carbocycles. The Labute approximate surface area is 105 Å². The van der Waals surface area contributed by atoms with Gasteiger partial charge in [0.15, 0.2) is 0 Å². The zero-order valence-corrected chi connectivity index (χ0v) is 9.81. The molecule has 1 aliphatic heterocycles. The molecule has 3 nitrogen and oxygen atoms in total. The number of hydrogen-bond acceptors (Lipinski definition) is 2. The van der Waals surface area contributed by atoms with E-state index in [1.165, 1.54) is 0 Å². The second kappa shape index (κ2) is 4.27. The van der Waals surface area contributed by atoms with Gasteiger partial charge >= 0.3 is 0 Å². The van der Waals surface area contributed by atoms with Gasteiger partial charge in [-0.1, -0.05) is 30.3 Å². The summed E-state index contributed by atoms with van der Waals surface area (Å²) < 4.78 is 0. The van der Waals surface area contributed by atoms with Crippen LogP contribution in [0.1, 0.15) is 21.5 Å². The molecule has 3 rings (SSSR count). The Bertz CT molecular complexity index is 620. The molecule has 0 radical (unpaired) electrons. The molecule has 90 valence electrons. The number of benzene rings is 2. The molecule has 2 aromatic carbocycles. The molecule has 0 saturated heterocycles. The molecular weight excluding hydrogens is 226 g/mol. The number of nitrogens with one attached hydrogen (secondary N) is 1. The van der Waals surface area contributed by atoms with Gasteiger partial charge in [-0.05, 0) is 34.4 Å². The van der Waals surface area contributed by atoms with Crippen molar-refractivity contribution in [2.45, 2.75) is 13.2 Å². The van der Waals surface area contributed by atoms with Gasteiger partial charge < -0.3 is 10.4 Å². The highest BCUT2D eigenvalue weighted by molar-refractivity contribution is 6.00. The average molecular weight is 239 g/mol. The van der Waals surface area contributed by atoms with Gasteiger partial charge in [0.1, 0.15) is 0 Å². The highest BCUT2D eigenvalue weighted by Gasteiger charge is 2.21. The predicted octanol–water partition coefficient (Wildman–Crippen LogP) is 2.09. The first-order valence-corrected chi connectivity index (χ1v) is 5.90. The van der Waals surface area contributed by atoms with Crippen LogP contribution in [0.25, 0.3) is 11.1 Å². The number of fused-ring (bicyclic) bond motifs is 1. The van der Waals surface area contributed by atoms with Gasteiger partial charge in [0.2, 0.25) is 0 Å². The number of amides is 1. The van der Waals surface area contributed by atoms with Crippen molar-refractivity contribution >= 4 is 5.91 Å². The van der Waals surface area contributed by atoms with Crippen LogP contribution >= 0.6 is 0 Å². The van der Waals surface area contributed by atoms with Crippen molar-refractivity contribution in [1.29, 1.82) is 0 Å². The topological polar surface area (TPSA) is 49.3 Å². The lowest BCUT2D eigenvalue weighted by Gasteiger charge is -2.08. The molecule has 3 heteroatoms. The summed E-state index contributed by atoms with van der Waals surface area (Å²) in [6.07, 6.45) is 0. The maximum absolute atomic E-state index is 11.6. The molecule has 1 aliphatic rings. The van der Waals surface area contributed by atoms with Crippen LogP contribution in [0, 0.1) is 0 Å². The molecule has 0 spiro atoms. The smallest absolute Gasteiger partial charge is 0.251 e. The summed E-state index contributed by atoms with van der Waals surface area (Å²) in [6.45, 7) is 0.605. The largest absolute Gasteiger partial charge is 0.392 e. The molecular formula is C15H13NO2. The van der Waals surface area contributed by atoms with Crippen molar-refractivity contribution < 1.29 is 9.90 Å². The van der Waals surface area contributed by atoms with E-state index in [-0.39, 0.29) is 12.5 Å². The molecule has 0 aromatic heterocycles. The maximum atomic E-state index is 11.6. The van der Waals surface area contributed by atoms with Gasteiger partial charge in [-0.15, -0.1) is 0 Å². The van der Waals surface area contributed by atoms with Crippen molar-refractivity contribution in [1.82, 2.24) is 5.32 Å². The summed E-state index contributed by atoms with van der Waals surface area (Å²) in [5.41, 5.74) is 4.76. The third kappa shape index (κ3) is 1.69. The lowest BCUT2D eigenvalue weighted by atomic mass is 9.96. The average Bonchev–Trinajstić information content (AvgIpc) is 2.81. The van der Waals surface area contributed by atoms with E-state index in [0.29, 0.717) is 6.54 Å². The van der Waals surface area contributed by atoms with Crippen molar-refractivity contribution in [2.24, 2.45) is 0 Å². The fourth-order valence-corrected chi connectivity index (χ4v) is 2.36. The summed E-state index contributed by atoms with van der Waals surface area (Å²) in [5.74, 6) is -0.00911. The Morgan fingerprint density at radius 1 is 1.11 bits per heavy atom. The Balaban J connectivity index is 2.15. The third-order valence-electron chi connectivity index (χ3n) is 3.27. The van der Waals surface area contributed by atoms with Gasteiger partial charge in [0.05, 0.1) is 6.61 Å². The zero-order valence-electron chi connectivity index (χ0n) is 9.81. The minimum absolute atomic E-state index is 0.00911. The lowest BCUT2D eigenvalue weighted by Crippen LogP contribution is -2.12. The van der Waals surface area contributed by atoms with Crippen molar-refractivity contribution in [3.8, 4) is 11.1 Å². The van der Waals surface area contributed by atoms with Crippen LogP contribution < -0.4 is 5.32 Å². The van der Waals surface area contributed by atoms with Crippen molar-refractivity contribution in [3.63, 3.8) is 0 Å². The summed E-state index contributed by atoms with van der Waals surface area (Å²) >= 11 is 0. The first-order valence-electron chi connectivity index (χ1n) is 5.90. The number of carbonyl (C=O) groups is 1. The van der Waals surface area contributed by atoms with E-state index < -0.39 is 0 Å². The fourth-order valence-electron chi connectivity index (χ4n) is 2.36. The highest BCUT2D eigenvalue weighted by atomic mass is 16.3. The third-order valence-corrected chi connectivity index (χ3v) is 3.27. The standard InChI is InChI=1S/C15H13NO2/c17-9-10-3-1-4-11(7-10)12-5-2-6-13-14(12)8-16-15(13)18/h1-7,17H,8-9H2,(H,16,18). The van der Waals surface area contributed by atoms with Crippen LogP contribution in [0.15, 0.2) is 42.5 Å². The van der Waals surface area contributed by atoms with Crippen LogP contribution in [0.3, 0.4) is 0 Å². The lowest BCUT2D eigenvalue weighted by molar-refractivity contribution is 0.0966. The van der Waals surface area contributed by atoms with E-state index in [9.17, 15) is 9.90 Å². The SMILES string of the molecule is O=C1NCc2c1cccc2-c1cccc(CO)c1. The molecule has 0 atom stereocenters. The molecule has 18 heavy (non-hydrogen) atoms. The van der Waals surface area contributed by atoms with E-state index in [1.54, 1.807) is 0 Å². The fraction of sp³-hybridized carbons (Fsp3) is 0.133. The van der Waals surface area contributed by atoms with E-state index in [4.69, 9.17) is 0 Å². The maximum Gasteiger partial charge on any atom is 0.251 e. The van der Waals surface area contributed by atoms with Crippen LogP contribution in [0.5, 0.6) is 0 Å². The molecule has 0 bridgehead atoms. The van der Waals surface area contributed by atoms with Crippen LogP contribution in [-0.2, 0) is 13.2 Å². The van der Waals surface area contributed by atoms with Gasteiger partial charge in [-0.3, -0.25) is 4.79 Å². The van der Waals surface area contributed by atoms with Crippen LogP contribution in [0.4, 0.5) is 0 Å². The second-order valence-corrected chi connectivity index (χ2v) is 4.37. The van der Waals surface area contributed by atoms with E-state index >= 15 is 0 Å². The Morgan fingerprint density at radius 3 is 2.72 bits per heavy atom. The number of hydrogen-bond donors (Lipinski definition) is 2. The molecule has 1 amide bonds. The minimum atomic E-state index is -0.00911. The summed E-state index contributed by atoms with van der Waals surface area (Å²) in [7, 11) is 0. The van der Waals surface area contributed by atoms with E-state index in [1.807, 2.05) is 42.5 Å². The number of carbonyl (C=O) groups excluding carboxylic acids is 1. The predicted molar refractivity (Wildman–Crippen MR) is 69.0 cm³/mol. The molecule has 0 unspecified atom stereocenters. The molecule has 0 fully saturated rings. The zero-order chi connectivity index (χ0) is 12.5. The first kappa shape index (κ1) is 11.0. The molecule has 0 aliphatic carbocycles. The Hall–Kier alpha value is -2.13. The Morgan fingerprint density at radius 2 is 1.89 bits per heavy atom. The minimum Gasteiger partial charge on any atom is -0.392 e. The van der Waals surface area contributed by atoms with E-state index in [0.717, 1.165) is 27.8 Å². The Kier molecular flexibility index (Phi) is 2.61. The second-order valence-electron chi connectivity index (χ2n) is 4.37. The van der Waals surface area contributed by atoms with Gasteiger partial charge in [0.25, 0.3) is 5.91 Å². The highest BCUT2D eigenvalue weighted by Crippen LogP contribution is 2.29. The monoisotopic (exact) mass is 239 g/mol. The molecule has 2 aromatic rings. The quantitative estimate of drug-likeness (QED) is 0.843. The number of rotatable bonds is 2. The van der Waals surface area contributed by atoms with E-state index in [2.05, 4.69) is 5.32 Å². The molecule has 1 heterocycles. The van der Waals surface area contributed by atoms with Crippen molar-refractivity contribution in [2.75, 3.05) is 0 Å².